The van der Waals surface area contributed by atoms with Gasteiger partial charge in [-0.05, 0) is 63.1 Å². The molecule has 0 saturated heterocycles. The maximum Gasteiger partial charge on any atom is 0.233 e. The third-order valence-corrected chi connectivity index (χ3v) is 5.11. The molecule has 2 aromatic rings. The van der Waals surface area contributed by atoms with Gasteiger partial charge in [-0.1, -0.05) is 35.4 Å². The minimum absolute atomic E-state index is 0.00336. The van der Waals surface area contributed by atoms with Crippen LogP contribution in [-0.4, -0.2) is 11.2 Å². The van der Waals surface area contributed by atoms with E-state index in [0.717, 1.165) is 10.5 Å². The molecular weight excluding hydrogens is 326 g/mol. The van der Waals surface area contributed by atoms with Gasteiger partial charge in [0.15, 0.2) is 0 Å². The van der Waals surface area contributed by atoms with Crippen LogP contribution in [0.2, 0.25) is 5.02 Å². The van der Waals surface area contributed by atoms with Crippen molar-refractivity contribution in [1.82, 2.24) is 5.32 Å². The van der Waals surface area contributed by atoms with E-state index < -0.39 is 0 Å². The minimum atomic E-state index is -0.163. The number of thioether (sulfide) groups is 1. The van der Waals surface area contributed by atoms with E-state index in [-0.39, 0.29) is 17.2 Å². The summed E-state index contributed by atoms with van der Waals surface area (Å²) in [7, 11) is 0. The van der Waals surface area contributed by atoms with E-state index in [2.05, 4.69) is 37.4 Å². The predicted octanol–water partition coefficient (Wildman–Crippen LogP) is 5.31. The zero-order valence-corrected chi connectivity index (χ0v) is 15.5. The molecule has 0 unspecified atom stereocenters. The lowest BCUT2D eigenvalue weighted by atomic mass is 10.0. The minimum Gasteiger partial charge on any atom is -0.349 e. The molecule has 0 radical (unpaired) electrons. The first kappa shape index (κ1) is 17.9. The lowest BCUT2D eigenvalue weighted by molar-refractivity contribution is -0.120. The fourth-order valence-corrected chi connectivity index (χ4v) is 3.49. The van der Waals surface area contributed by atoms with Gasteiger partial charge in [-0.15, -0.1) is 11.8 Å². The number of nitrogens with one attached hydrogen (secondary N) is 1. The number of carbonyl (C=O) groups excluding carboxylic acids is 1. The van der Waals surface area contributed by atoms with Gasteiger partial charge in [-0.3, -0.25) is 4.79 Å². The van der Waals surface area contributed by atoms with Gasteiger partial charge in [0.1, 0.15) is 0 Å². The van der Waals surface area contributed by atoms with E-state index >= 15 is 0 Å². The van der Waals surface area contributed by atoms with Crippen LogP contribution in [0.4, 0.5) is 0 Å². The van der Waals surface area contributed by atoms with Crippen molar-refractivity contribution in [3.05, 3.63) is 64.2 Å². The molecule has 0 spiro atoms. The highest BCUT2D eigenvalue weighted by molar-refractivity contribution is 8.00. The molecule has 0 aromatic heterocycles. The molecule has 4 heteroatoms. The summed E-state index contributed by atoms with van der Waals surface area (Å²) in [6.45, 7) is 8.10. The molecule has 2 rings (SSSR count). The van der Waals surface area contributed by atoms with Crippen molar-refractivity contribution in [2.45, 2.75) is 43.9 Å². The van der Waals surface area contributed by atoms with Crippen LogP contribution in [-0.2, 0) is 4.79 Å². The quantitative estimate of drug-likeness (QED) is 0.742. The highest BCUT2D eigenvalue weighted by atomic mass is 35.5. The van der Waals surface area contributed by atoms with Gasteiger partial charge in [-0.2, -0.15) is 0 Å². The molecule has 0 aliphatic carbocycles. The average molecular weight is 348 g/mol. The molecule has 0 aliphatic rings. The van der Waals surface area contributed by atoms with Crippen LogP contribution in [0.3, 0.4) is 0 Å². The standard InChI is InChI=1S/C19H22ClNOS/c1-12-5-10-18(13(2)11-12)14(3)21-19(22)15(4)23-17-8-6-16(20)7-9-17/h5-11,14-15H,1-4H3,(H,21,22)/t14-,15+/m0/s1. The summed E-state index contributed by atoms with van der Waals surface area (Å²) in [5, 5.41) is 3.64. The van der Waals surface area contributed by atoms with Crippen LogP contribution >= 0.6 is 23.4 Å². The van der Waals surface area contributed by atoms with Crippen molar-refractivity contribution in [3.63, 3.8) is 0 Å². The predicted molar refractivity (Wildman–Crippen MR) is 99.2 cm³/mol. The second-order valence-corrected chi connectivity index (χ2v) is 7.65. The first-order chi connectivity index (χ1) is 10.9. The third-order valence-electron chi connectivity index (χ3n) is 3.75. The summed E-state index contributed by atoms with van der Waals surface area (Å²) in [5.74, 6) is 0.0393. The summed E-state index contributed by atoms with van der Waals surface area (Å²) in [6.07, 6.45) is 0. The Morgan fingerprint density at radius 1 is 1.09 bits per heavy atom. The van der Waals surface area contributed by atoms with Crippen molar-refractivity contribution >= 4 is 29.3 Å². The van der Waals surface area contributed by atoms with Crippen molar-refractivity contribution in [2.75, 3.05) is 0 Å². The number of halogens is 1. The van der Waals surface area contributed by atoms with E-state index in [1.165, 1.54) is 22.9 Å². The van der Waals surface area contributed by atoms with E-state index in [0.29, 0.717) is 5.02 Å². The maximum atomic E-state index is 12.4. The SMILES string of the molecule is Cc1ccc([C@H](C)NC(=O)[C@@H](C)Sc2ccc(Cl)cc2)c(C)c1. The molecule has 2 aromatic carbocycles. The zero-order valence-electron chi connectivity index (χ0n) is 13.9. The molecular formula is C19H22ClNOS. The number of amides is 1. The molecule has 23 heavy (non-hydrogen) atoms. The Hall–Kier alpha value is -1.45. The number of benzene rings is 2. The van der Waals surface area contributed by atoms with Crippen LogP contribution in [0.15, 0.2) is 47.4 Å². The first-order valence-corrected chi connectivity index (χ1v) is 8.92. The number of aryl methyl sites for hydroxylation is 2. The molecule has 2 atom stereocenters. The Balaban J connectivity index is 1.98. The Morgan fingerprint density at radius 3 is 2.35 bits per heavy atom. The number of hydrogen-bond donors (Lipinski definition) is 1. The van der Waals surface area contributed by atoms with Crippen LogP contribution in [0.1, 0.15) is 36.6 Å². The average Bonchev–Trinajstić information content (AvgIpc) is 2.49. The molecule has 0 heterocycles. The Labute approximate surface area is 147 Å². The summed E-state index contributed by atoms with van der Waals surface area (Å²) in [4.78, 5) is 13.5. The van der Waals surface area contributed by atoms with Crippen LogP contribution in [0.25, 0.3) is 0 Å². The van der Waals surface area contributed by atoms with Gasteiger partial charge in [0, 0.05) is 9.92 Å². The number of carbonyl (C=O) groups is 1. The van der Waals surface area contributed by atoms with Gasteiger partial charge >= 0.3 is 0 Å². The van der Waals surface area contributed by atoms with E-state index in [4.69, 9.17) is 11.6 Å². The van der Waals surface area contributed by atoms with Crippen molar-refractivity contribution in [2.24, 2.45) is 0 Å². The largest absolute Gasteiger partial charge is 0.349 e. The van der Waals surface area contributed by atoms with Gasteiger partial charge in [0.05, 0.1) is 11.3 Å². The fraction of sp³-hybridized carbons (Fsp3) is 0.316. The van der Waals surface area contributed by atoms with E-state index in [1.54, 1.807) is 0 Å². The fourth-order valence-electron chi connectivity index (χ4n) is 2.49. The molecule has 0 aliphatic heterocycles. The second kappa shape index (κ2) is 7.89. The summed E-state index contributed by atoms with van der Waals surface area (Å²) in [5.41, 5.74) is 3.60. The zero-order chi connectivity index (χ0) is 17.0. The lowest BCUT2D eigenvalue weighted by Crippen LogP contribution is -2.33. The van der Waals surface area contributed by atoms with Crippen molar-refractivity contribution < 1.29 is 4.79 Å². The number of hydrogen-bond acceptors (Lipinski definition) is 2. The highest BCUT2D eigenvalue weighted by Gasteiger charge is 2.18. The second-order valence-electron chi connectivity index (χ2n) is 5.80. The topological polar surface area (TPSA) is 29.1 Å². The van der Waals surface area contributed by atoms with Crippen molar-refractivity contribution in [3.8, 4) is 0 Å². The number of rotatable bonds is 5. The van der Waals surface area contributed by atoms with Gasteiger partial charge in [0.25, 0.3) is 0 Å². The molecule has 2 nitrogen and oxygen atoms in total. The summed E-state index contributed by atoms with van der Waals surface area (Å²) in [6, 6.07) is 13.9. The van der Waals surface area contributed by atoms with E-state index in [9.17, 15) is 4.79 Å². The Bertz CT molecular complexity index is 684. The smallest absolute Gasteiger partial charge is 0.233 e. The Morgan fingerprint density at radius 2 is 1.74 bits per heavy atom. The Kier molecular flexibility index (Phi) is 6.14. The first-order valence-electron chi connectivity index (χ1n) is 7.66. The van der Waals surface area contributed by atoms with E-state index in [1.807, 2.05) is 38.1 Å². The third kappa shape index (κ3) is 5.02. The molecule has 0 bridgehead atoms. The summed E-state index contributed by atoms with van der Waals surface area (Å²) >= 11 is 7.42. The molecule has 1 N–H and O–H groups in total. The maximum absolute atomic E-state index is 12.4. The normalized spacial score (nSPS) is 13.4. The van der Waals surface area contributed by atoms with Crippen LogP contribution in [0.5, 0.6) is 0 Å². The van der Waals surface area contributed by atoms with Crippen molar-refractivity contribution in [1.29, 1.82) is 0 Å². The van der Waals surface area contributed by atoms with Gasteiger partial charge in [0.2, 0.25) is 5.91 Å². The summed E-state index contributed by atoms with van der Waals surface area (Å²) < 4.78 is 0. The molecule has 0 saturated carbocycles. The lowest BCUT2D eigenvalue weighted by Gasteiger charge is -2.19. The molecule has 0 fully saturated rings. The van der Waals surface area contributed by atoms with Gasteiger partial charge < -0.3 is 5.32 Å². The molecule has 1 amide bonds. The molecule has 122 valence electrons. The van der Waals surface area contributed by atoms with Crippen LogP contribution in [0, 0.1) is 13.8 Å². The van der Waals surface area contributed by atoms with Crippen LogP contribution < -0.4 is 5.32 Å². The van der Waals surface area contributed by atoms with Gasteiger partial charge in [-0.25, -0.2) is 0 Å². The highest BCUT2D eigenvalue weighted by Crippen LogP contribution is 2.26. The monoisotopic (exact) mass is 347 g/mol.